The zero-order chi connectivity index (χ0) is 15.5. The second-order valence-electron chi connectivity index (χ2n) is 5.14. The average molecular weight is 296 g/mol. The fourth-order valence-corrected chi connectivity index (χ4v) is 1.60. The number of rotatable bonds is 11. The molecule has 0 aliphatic heterocycles. The molecule has 0 saturated heterocycles. The van der Waals surface area contributed by atoms with Gasteiger partial charge in [0.2, 0.25) is 0 Å². The van der Waals surface area contributed by atoms with E-state index in [1.54, 1.807) is 12.1 Å². The van der Waals surface area contributed by atoms with Gasteiger partial charge < -0.3 is 14.8 Å². The quantitative estimate of drug-likeness (QED) is 0.386. The number of nitro benzene ring substituents is 1. The number of nitro groups is 1. The van der Waals surface area contributed by atoms with Gasteiger partial charge in [-0.25, -0.2) is 0 Å². The standard InChI is InChI=1S/C15H24N2O4/c1-13(2)7-10-20-11-8-16-9-12-21-15-5-3-14(4-6-15)17(18)19/h3-6,13,16H,7-12H2,1-2H3. The zero-order valence-electron chi connectivity index (χ0n) is 12.7. The number of nitrogens with zero attached hydrogens (tertiary/aromatic N) is 1. The fourth-order valence-electron chi connectivity index (χ4n) is 1.60. The molecular formula is C15H24N2O4. The summed E-state index contributed by atoms with van der Waals surface area (Å²) in [5, 5.41) is 13.7. The average Bonchev–Trinajstić information content (AvgIpc) is 2.45. The molecule has 1 aromatic carbocycles. The van der Waals surface area contributed by atoms with E-state index in [1.807, 2.05) is 0 Å². The van der Waals surface area contributed by atoms with E-state index in [0.29, 0.717) is 31.4 Å². The summed E-state index contributed by atoms with van der Waals surface area (Å²) in [5.41, 5.74) is 0.0685. The minimum atomic E-state index is -0.426. The van der Waals surface area contributed by atoms with E-state index in [4.69, 9.17) is 9.47 Å². The van der Waals surface area contributed by atoms with Crippen LogP contribution in [0.5, 0.6) is 5.75 Å². The van der Waals surface area contributed by atoms with E-state index < -0.39 is 4.92 Å². The van der Waals surface area contributed by atoms with Crippen LogP contribution < -0.4 is 10.1 Å². The van der Waals surface area contributed by atoms with Crippen molar-refractivity contribution in [1.82, 2.24) is 5.32 Å². The highest BCUT2D eigenvalue weighted by molar-refractivity contribution is 5.35. The molecule has 0 aromatic heterocycles. The van der Waals surface area contributed by atoms with Crippen molar-refractivity contribution in [3.63, 3.8) is 0 Å². The number of benzene rings is 1. The molecule has 0 radical (unpaired) electrons. The lowest BCUT2D eigenvalue weighted by atomic mass is 10.1. The second kappa shape index (κ2) is 10.1. The van der Waals surface area contributed by atoms with Gasteiger partial charge in [0.25, 0.3) is 5.69 Å². The normalized spacial score (nSPS) is 10.8. The van der Waals surface area contributed by atoms with Gasteiger partial charge in [-0.3, -0.25) is 10.1 Å². The molecule has 0 spiro atoms. The summed E-state index contributed by atoms with van der Waals surface area (Å²) in [7, 11) is 0. The molecule has 0 aliphatic rings. The molecule has 0 aliphatic carbocycles. The minimum Gasteiger partial charge on any atom is -0.492 e. The summed E-state index contributed by atoms with van der Waals surface area (Å²) in [5.74, 6) is 1.31. The van der Waals surface area contributed by atoms with Gasteiger partial charge in [-0.1, -0.05) is 13.8 Å². The van der Waals surface area contributed by atoms with E-state index in [9.17, 15) is 10.1 Å². The molecule has 0 saturated carbocycles. The Kier molecular flexibility index (Phi) is 8.38. The van der Waals surface area contributed by atoms with Crippen molar-refractivity contribution in [2.45, 2.75) is 20.3 Å². The van der Waals surface area contributed by atoms with Crippen molar-refractivity contribution in [1.29, 1.82) is 0 Å². The molecule has 6 heteroatoms. The molecule has 6 nitrogen and oxygen atoms in total. The van der Waals surface area contributed by atoms with Crippen molar-refractivity contribution in [3.05, 3.63) is 34.4 Å². The van der Waals surface area contributed by atoms with Gasteiger partial charge >= 0.3 is 0 Å². The molecule has 1 rings (SSSR count). The van der Waals surface area contributed by atoms with Gasteiger partial charge in [0.1, 0.15) is 12.4 Å². The third-order valence-corrected chi connectivity index (χ3v) is 2.86. The van der Waals surface area contributed by atoms with Crippen LogP contribution in [0.4, 0.5) is 5.69 Å². The molecular weight excluding hydrogens is 272 g/mol. The van der Waals surface area contributed by atoms with Crippen LogP contribution in [0.15, 0.2) is 24.3 Å². The van der Waals surface area contributed by atoms with E-state index in [1.165, 1.54) is 12.1 Å². The van der Waals surface area contributed by atoms with E-state index in [-0.39, 0.29) is 5.69 Å². The number of hydrogen-bond acceptors (Lipinski definition) is 5. The zero-order valence-corrected chi connectivity index (χ0v) is 12.7. The van der Waals surface area contributed by atoms with Crippen LogP contribution in [-0.4, -0.2) is 37.8 Å². The summed E-state index contributed by atoms with van der Waals surface area (Å²) in [4.78, 5) is 10.1. The van der Waals surface area contributed by atoms with Gasteiger partial charge in [-0.2, -0.15) is 0 Å². The second-order valence-corrected chi connectivity index (χ2v) is 5.14. The first-order valence-corrected chi connectivity index (χ1v) is 7.25. The van der Waals surface area contributed by atoms with Crippen LogP contribution >= 0.6 is 0 Å². The van der Waals surface area contributed by atoms with Gasteiger partial charge in [0.15, 0.2) is 0 Å². The highest BCUT2D eigenvalue weighted by Gasteiger charge is 2.03. The Labute approximate surface area is 125 Å². The first-order valence-electron chi connectivity index (χ1n) is 7.25. The van der Waals surface area contributed by atoms with Gasteiger partial charge in [0.05, 0.1) is 11.5 Å². The predicted molar refractivity (Wildman–Crippen MR) is 81.7 cm³/mol. The molecule has 0 bridgehead atoms. The Morgan fingerprint density at radius 3 is 2.43 bits per heavy atom. The molecule has 0 unspecified atom stereocenters. The Hall–Kier alpha value is -1.66. The van der Waals surface area contributed by atoms with Gasteiger partial charge in [-0.15, -0.1) is 0 Å². The number of ether oxygens (including phenoxy) is 2. The molecule has 118 valence electrons. The van der Waals surface area contributed by atoms with Crippen LogP contribution in [0.25, 0.3) is 0 Å². The third-order valence-electron chi connectivity index (χ3n) is 2.86. The summed E-state index contributed by atoms with van der Waals surface area (Å²) < 4.78 is 11.0. The summed E-state index contributed by atoms with van der Waals surface area (Å²) in [6.45, 7) is 7.88. The van der Waals surface area contributed by atoms with Crippen molar-refractivity contribution in [2.75, 3.05) is 32.9 Å². The van der Waals surface area contributed by atoms with Crippen molar-refractivity contribution >= 4 is 5.69 Å². The molecule has 1 aromatic rings. The summed E-state index contributed by atoms with van der Waals surface area (Å²) >= 11 is 0. The van der Waals surface area contributed by atoms with Crippen molar-refractivity contribution < 1.29 is 14.4 Å². The Morgan fingerprint density at radius 2 is 1.81 bits per heavy atom. The number of nitrogens with one attached hydrogen (secondary N) is 1. The maximum Gasteiger partial charge on any atom is 0.269 e. The molecule has 0 heterocycles. The maximum absolute atomic E-state index is 10.5. The van der Waals surface area contributed by atoms with Gasteiger partial charge in [0, 0.05) is 31.8 Å². The maximum atomic E-state index is 10.5. The van der Waals surface area contributed by atoms with Crippen LogP contribution in [-0.2, 0) is 4.74 Å². The number of non-ortho nitro benzene ring substituents is 1. The first-order chi connectivity index (χ1) is 10.1. The highest BCUT2D eigenvalue weighted by Crippen LogP contribution is 2.16. The van der Waals surface area contributed by atoms with Crippen LogP contribution in [0.3, 0.4) is 0 Å². The monoisotopic (exact) mass is 296 g/mol. The Balaban J connectivity index is 2.00. The van der Waals surface area contributed by atoms with Gasteiger partial charge in [-0.05, 0) is 24.5 Å². The van der Waals surface area contributed by atoms with Crippen molar-refractivity contribution in [2.24, 2.45) is 5.92 Å². The third kappa shape index (κ3) is 8.27. The molecule has 0 atom stereocenters. The minimum absolute atomic E-state index is 0.0685. The molecule has 0 fully saturated rings. The fraction of sp³-hybridized carbons (Fsp3) is 0.600. The van der Waals surface area contributed by atoms with E-state index in [2.05, 4.69) is 19.2 Å². The van der Waals surface area contributed by atoms with Crippen molar-refractivity contribution in [3.8, 4) is 5.75 Å². The lowest BCUT2D eigenvalue weighted by Gasteiger charge is -2.08. The smallest absolute Gasteiger partial charge is 0.269 e. The topological polar surface area (TPSA) is 73.6 Å². The Bertz CT molecular complexity index is 407. The lowest BCUT2D eigenvalue weighted by Crippen LogP contribution is -2.25. The summed E-state index contributed by atoms with van der Waals surface area (Å²) in [6, 6.07) is 6.08. The molecule has 1 N–H and O–H groups in total. The molecule has 0 amide bonds. The highest BCUT2D eigenvalue weighted by atomic mass is 16.6. The molecule has 21 heavy (non-hydrogen) atoms. The van der Waals surface area contributed by atoms with Crippen LogP contribution in [0.1, 0.15) is 20.3 Å². The predicted octanol–water partition coefficient (Wildman–Crippen LogP) is 2.63. The summed E-state index contributed by atoms with van der Waals surface area (Å²) in [6.07, 6.45) is 1.09. The van der Waals surface area contributed by atoms with Crippen LogP contribution in [0, 0.1) is 16.0 Å². The van der Waals surface area contributed by atoms with E-state index >= 15 is 0 Å². The number of hydrogen-bond donors (Lipinski definition) is 1. The van der Waals surface area contributed by atoms with E-state index in [0.717, 1.165) is 19.6 Å². The Morgan fingerprint density at radius 1 is 1.14 bits per heavy atom. The SMILES string of the molecule is CC(C)CCOCCNCCOc1ccc([N+](=O)[O-])cc1. The first kappa shape index (κ1) is 17.4. The van der Waals surface area contributed by atoms with Crippen LogP contribution in [0.2, 0.25) is 0 Å². The lowest BCUT2D eigenvalue weighted by molar-refractivity contribution is -0.384. The largest absolute Gasteiger partial charge is 0.492 e.